The SMILES string of the molecule is CNCc1ccc(NC(=O)NCC2Cc3cc(Br)ccc3O2)cc1. The third-order valence-corrected chi connectivity index (χ3v) is 4.34. The molecule has 0 radical (unpaired) electrons. The van der Waals surface area contributed by atoms with Gasteiger partial charge in [0, 0.05) is 23.1 Å². The molecule has 126 valence electrons. The van der Waals surface area contributed by atoms with Gasteiger partial charge in [-0.2, -0.15) is 0 Å². The van der Waals surface area contributed by atoms with Crippen LogP contribution >= 0.6 is 15.9 Å². The monoisotopic (exact) mass is 389 g/mol. The smallest absolute Gasteiger partial charge is 0.319 e. The van der Waals surface area contributed by atoms with E-state index in [1.54, 1.807) is 0 Å². The van der Waals surface area contributed by atoms with E-state index < -0.39 is 0 Å². The Kier molecular flexibility index (Phi) is 5.37. The van der Waals surface area contributed by atoms with Crippen LogP contribution in [-0.2, 0) is 13.0 Å². The van der Waals surface area contributed by atoms with Crippen LogP contribution in [0.2, 0.25) is 0 Å². The van der Waals surface area contributed by atoms with E-state index in [2.05, 4.69) is 37.9 Å². The highest BCUT2D eigenvalue weighted by atomic mass is 79.9. The number of anilines is 1. The second-order valence-corrected chi connectivity index (χ2v) is 6.67. The van der Waals surface area contributed by atoms with Gasteiger partial charge in [-0.1, -0.05) is 28.1 Å². The van der Waals surface area contributed by atoms with E-state index in [1.165, 1.54) is 5.56 Å². The van der Waals surface area contributed by atoms with Crippen molar-refractivity contribution >= 4 is 27.6 Å². The molecule has 0 spiro atoms. The number of halogens is 1. The molecule has 6 heteroatoms. The molecule has 0 saturated carbocycles. The summed E-state index contributed by atoms with van der Waals surface area (Å²) in [5.74, 6) is 0.894. The maximum Gasteiger partial charge on any atom is 0.319 e. The lowest BCUT2D eigenvalue weighted by atomic mass is 10.1. The zero-order chi connectivity index (χ0) is 16.9. The minimum atomic E-state index is -0.225. The molecule has 2 aromatic rings. The fraction of sp³-hybridized carbons (Fsp3) is 0.278. The summed E-state index contributed by atoms with van der Waals surface area (Å²) in [7, 11) is 1.90. The third kappa shape index (κ3) is 4.27. The fourth-order valence-corrected chi connectivity index (χ4v) is 3.10. The zero-order valence-corrected chi connectivity index (χ0v) is 15.0. The van der Waals surface area contributed by atoms with E-state index in [0.717, 1.165) is 34.4 Å². The number of rotatable bonds is 5. The van der Waals surface area contributed by atoms with E-state index in [4.69, 9.17) is 4.74 Å². The van der Waals surface area contributed by atoms with Crippen molar-refractivity contribution < 1.29 is 9.53 Å². The number of amides is 2. The second kappa shape index (κ2) is 7.68. The summed E-state index contributed by atoms with van der Waals surface area (Å²) in [6, 6.07) is 13.5. The molecule has 0 aromatic heterocycles. The minimum absolute atomic E-state index is 0.0296. The van der Waals surface area contributed by atoms with E-state index in [-0.39, 0.29) is 12.1 Å². The number of nitrogens with one attached hydrogen (secondary N) is 3. The summed E-state index contributed by atoms with van der Waals surface area (Å²) in [6.07, 6.45) is 0.770. The molecule has 0 bridgehead atoms. The Balaban J connectivity index is 1.46. The van der Waals surface area contributed by atoms with Crippen LogP contribution in [-0.4, -0.2) is 25.7 Å². The number of carbonyl (C=O) groups excluding carboxylic acids is 1. The first-order valence-electron chi connectivity index (χ1n) is 7.87. The molecule has 1 heterocycles. The van der Waals surface area contributed by atoms with Crippen molar-refractivity contribution in [1.82, 2.24) is 10.6 Å². The Morgan fingerprint density at radius 3 is 2.79 bits per heavy atom. The van der Waals surface area contributed by atoms with Crippen molar-refractivity contribution in [3.05, 3.63) is 58.1 Å². The van der Waals surface area contributed by atoms with Crippen LogP contribution in [0.1, 0.15) is 11.1 Å². The van der Waals surface area contributed by atoms with Crippen LogP contribution in [0.4, 0.5) is 10.5 Å². The third-order valence-electron chi connectivity index (χ3n) is 3.85. The minimum Gasteiger partial charge on any atom is -0.488 e. The van der Waals surface area contributed by atoms with Gasteiger partial charge in [0.25, 0.3) is 0 Å². The molecule has 3 N–H and O–H groups in total. The van der Waals surface area contributed by atoms with Crippen molar-refractivity contribution in [1.29, 1.82) is 0 Å². The predicted octanol–water partition coefficient (Wildman–Crippen LogP) is 3.29. The normalized spacial score (nSPS) is 15.5. The van der Waals surface area contributed by atoms with Crippen molar-refractivity contribution in [3.8, 4) is 5.75 Å². The van der Waals surface area contributed by atoms with E-state index in [0.29, 0.717) is 6.54 Å². The van der Waals surface area contributed by atoms with E-state index >= 15 is 0 Å². The van der Waals surface area contributed by atoms with Gasteiger partial charge in [-0.3, -0.25) is 0 Å². The van der Waals surface area contributed by atoms with Gasteiger partial charge < -0.3 is 20.7 Å². The van der Waals surface area contributed by atoms with Gasteiger partial charge in [0.2, 0.25) is 0 Å². The van der Waals surface area contributed by atoms with E-state index in [1.807, 2.05) is 43.4 Å². The van der Waals surface area contributed by atoms with Gasteiger partial charge in [0.1, 0.15) is 11.9 Å². The summed E-state index contributed by atoms with van der Waals surface area (Å²) in [5.41, 5.74) is 3.11. The fourth-order valence-electron chi connectivity index (χ4n) is 2.69. The summed E-state index contributed by atoms with van der Waals surface area (Å²) >= 11 is 3.46. The Hall–Kier alpha value is -2.05. The second-order valence-electron chi connectivity index (χ2n) is 5.76. The summed E-state index contributed by atoms with van der Waals surface area (Å²) in [6.45, 7) is 1.28. The molecule has 1 aliphatic rings. The molecule has 5 nitrogen and oxygen atoms in total. The maximum absolute atomic E-state index is 12.0. The lowest BCUT2D eigenvalue weighted by molar-refractivity contribution is 0.219. The van der Waals surface area contributed by atoms with Crippen molar-refractivity contribution in [2.45, 2.75) is 19.1 Å². The summed E-state index contributed by atoms with van der Waals surface area (Å²) in [4.78, 5) is 12.0. The quantitative estimate of drug-likeness (QED) is 0.734. The molecule has 1 atom stereocenters. The Bertz CT molecular complexity index is 719. The highest BCUT2D eigenvalue weighted by Crippen LogP contribution is 2.30. The number of benzene rings is 2. The molecule has 2 amide bonds. The molecule has 2 aromatic carbocycles. The van der Waals surface area contributed by atoms with Crippen molar-refractivity contribution in [2.75, 3.05) is 18.9 Å². The molecule has 1 unspecified atom stereocenters. The Morgan fingerprint density at radius 1 is 1.25 bits per heavy atom. The van der Waals surface area contributed by atoms with E-state index in [9.17, 15) is 4.79 Å². The molecule has 0 saturated heterocycles. The first-order valence-corrected chi connectivity index (χ1v) is 8.67. The van der Waals surface area contributed by atoms with Gasteiger partial charge in [-0.25, -0.2) is 4.79 Å². The number of urea groups is 1. The summed E-state index contributed by atoms with van der Waals surface area (Å²) in [5, 5.41) is 8.79. The number of hydrogen-bond acceptors (Lipinski definition) is 3. The van der Waals surface area contributed by atoms with Gasteiger partial charge in [-0.05, 0) is 48.5 Å². The number of ether oxygens (including phenoxy) is 1. The lowest BCUT2D eigenvalue weighted by Crippen LogP contribution is -2.37. The van der Waals surface area contributed by atoms with Gasteiger partial charge >= 0.3 is 6.03 Å². The molecule has 1 aliphatic heterocycles. The molecular weight excluding hydrogens is 370 g/mol. The topological polar surface area (TPSA) is 62.4 Å². The van der Waals surface area contributed by atoms with Gasteiger partial charge in [-0.15, -0.1) is 0 Å². The van der Waals surface area contributed by atoms with Crippen molar-refractivity contribution in [3.63, 3.8) is 0 Å². The zero-order valence-electron chi connectivity index (χ0n) is 13.4. The van der Waals surface area contributed by atoms with Gasteiger partial charge in [0.15, 0.2) is 0 Å². The predicted molar refractivity (Wildman–Crippen MR) is 98.5 cm³/mol. The van der Waals surface area contributed by atoms with Gasteiger partial charge in [0.05, 0.1) is 6.54 Å². The van der Waals surface area contributed by atoms with Crippen LogP contribution in [0.25, 0.3) is 0 Å². The molecule has 0 aliphatic carbocycles. The number of hydrogen-bond donors (Lipinski definition) is 3. The Labute approximate surface area is 149 Å². The largest absolute Gasteiger partial charge is 0.488 e. The molecule has 0 fully saturated rings. The average Bonchev–Trinajstić information content (AvgIpc) is 2.97. The number of carbonyl (C=O) groups is 1. The van der Waals surface area contributed by atoms with Crippen molar-refractivity contribution in [2.24, 2.45) is 0 Å². The highest BCUT2D eigenvalue weighted by molar-refractivity contribution is 9.10. The Morgan fingerprint density at radius 2 is 2.04 bits per heavy atom. The molecule has 24 heavy (non-hydrogen) atoms. The standard InChI is InChI=1S/C18H20BrN3O2/c1-20-10-12-2-5-15(6-3-12)22-18(23)21-11-16-9-13-8-14(19)4-7-17(13)24-16/h2-8,16,20H,9-11H2,1H3,(H2,21,22,23). The van der Waals surface area contributed by atoms with Crippen LogP contribution in [0, 0.1) is 0 Å². The van der Waals surface area contributed by atoms with Crippen LogP contribution < -0.4 is 20.7 Å². The summed E-state index contributed by atoms with van der Waals surface area (Å²) < 4.78 is 6.87. The maximum atomic E-state index is 12.0. The number of fused-ring (bicyclic) bond motifs is 1. The molecular formula is C18H20BrN3O2. The average molecular weight is 390 g/mol. The van der Waals surface area contributed by atoms with Crippen LogP contribution in [0.3, 0.4) is 0 Å². The first kappa shape index (κ1) is 16.8. The lowest BCUT2D eigenvalue weighted by Gasteiger charge is -2.13. The van der Waals surface area contributed by atoms with Crippen LogP contribution in [0.15, 0.2) is 46.9 Å². The highest BCUT2D eigenvalue weighted by Gasteiger charge is 2.23. The first-order chi connectivity index (χ1) is 11.6. The molecule has 3 rings (SSSR count). The van der Waals surface area contributed by atoms with Crippen LogP contribution in [0.5, 0.6) is 5.75 Å².